The van der Waals surface area contributed by atoms with E-state index in [-0.39, 0.29) is 0 Å². The maximum Gasteiger partial charge on any atom is 0.469 e. The second kappa shape index (κ2) is 5.25. The van der Waals surface area contributed by atoms with Crippen LogP contribution in [-0.4, -0.2) is 62.2 Å². The Morgan fingerprint density at radius 3 is 2.18 bits per heavy atom. The molecule has 7 N–H and O–H groups in total. The van der Waals surface area contributed by atoms with Crippen LogP contribution in [0.2, 0.25) is 0 Å². The lowest BCUT2D eigenvalue weighted by Gasteiger charge is -2.41. The summed E-state index contributed by atoms with van der Waals surface area (Å²) >= 11 is 0. The lowest BCUT2D eigenvalue weighted by molar-refractivity contribution is -0.143. The molecule has 0 aromatic heterocycles. The Hall–Kier alpha value is -0.120. The molecule has 0 spiro atoms. The molecule has 1 saturated carbocycles. The number of halogens is 1. The number of hydrogen-bond acceptors (Lipinski definition) is 6. The van der Waals surface area contributed by atoms with Crippen LogP contribution in [0.4, 0.5) is 4.39 Å². The van der Waals surface area contributed by atoms with Crippen molar-refractivity contribution in [2.45, 2.75) is 30.5 Å². The summed E-state index contributed by atoms with van der Waals surface area (Å²) < 4.78 is 28.0. The molecule has 0 heterocycles. The van der Waals surface area contributed by atoms with Crippen molar-refractivity contribution in [2.75, 3.05) is 6.61 Å². The van der Waals surface area contributed by atoms with Crippen LogP contribution in [0.1, 0.15) is 0 Å². The van der Waals surface area contributed by atoms with E-state index >= 15 is 0 Å². The highest BCUT2D eigenvalue weighted by molar-refractivity contribution is 7.46. The minimum Gasteiger partial charge on any atom is -0.390 e. The minimum atomic E-state index is -4.81. The van der Waals surface area contributed by atoms with Gasteiger partial charge in [-0.2, -0.15) is 0 Å². The molecule has 8 nitrogen and oxygen atoms in total. The van der Waals surface area contributed by atoms with Gasteiger partial charge in [0.2, 0.25) is 0 Å². The normalized spacial score (nSPS) is 43.7. The molecule has 0 aromatic rings. The van der Waals surface area contributed by atoms with Gasteiger partial charge in [0.15, 0.2) is 0 Å². The van der Waals surface area contributed by atoms with Gasteiger partial charge in [-0.05, 0) is 0 Å². The molecule has 1 aliphatic carbocycles. The number of aliphatic hydroxyl groups excluding tert-OH is 3. The fraction of sp³-hybridized carbons (Fsp3) is 1.00. The summed E-state index contributed by atoms with van der Waals surface area (Å²) in [5, 5.41) is 28.2. The molecule has 1 fully saturated rings. The third-order valence-electron chi connectivity index (χ3n) is 2.75. The van der Waals surface area contributed by atoms with E-state index in [4.69, 9.17) is 15.5 Å². The Morgan fingerprint density at radius 2 is 1.71 bits per heavy atom. The average Bonchev–Trinajstić information content (AvgIpc) is 2.22. The van der Waals surface area contributed by atoms with Gasteiger partial charge < -0.3 is 30.8 Å². The van der Waals surface area contributed by atoms with Crippen molar-refractivity contribution in [3.63, 3.8) is 0 Å². The summed E-state index contributed by atoms with van der Waals surface area (Å²) in [4.78, 5) is 16.9. The highest BCUT2D eigenvalue weighted by Gasteiger charge is 2.48. The maximum absolute atomic E-state index is 13.6. The van der Waals surface area contributed by atoms with Gasteiger partial charge in [0.05, 0.1) is 24.9 Å². The Labute approximate surface area is 96.1 Å². The third kappa shape index (κ3) is 3.43. The molecule has 102 valence electrons. The van der Waals surface area contributed by atoms with Gasteiger partial charge in [-0.15, -0.1) is 0 Å². The SMILES string of the molecule is N[C@@H]1[C@@H](O)[C@H](O)[C@H](COP(=O)(O)O)[C@@H](F)[C@@H]1O. The Morgan fingerprint density at radius 1 is 1.18 bits per heavy atom. The van der Waals surface area contributed by atoms with Crippen LogP contribution < -0.4 is 5.73 Å². The zero-order chi connectivity index (χ0) is 13.4. The lowest BCUT2D eigenvalue weighted by atomic mass is 9.79. The molecule has 0 aromatic carbocycles. The molecular formula is C7H15FNO7P. The van der Waals surface area contributed by atoms with Crippen molar-refractivity contribution in [3.8, 4) is 0 Å². The molecule has 10 heteroatoms. The third-order valence-corrected chi connectivity index (χ3v) is 3.23. The number of phosphoric acid groups is 1. The average molecular weight is 275 g/mol. The van der Waals surface area contributed by atoms with Crippen molar-refractivity contribution < 1.29 is 38.6 Å². The number of hydrogen-bond donors (Lipinski definition) is 6. The van der Waals surface area contributed by atoms with Crippen LogP contribution in [0.25, 0.3) is 0 Å². The smallest absolute Gasteiger partial charge is 0.390 e. The highest BCUT2D eigenvalue weighted by Crippen LogP contribution is 2.38. The van der Waals surface area contributed by atoms with E-state index in [1.165, 1.54) is 0 Å². The zero-order valence-electron chi connectivity index (χ0n) is 8.63. The fourth-order valence-corrected chi connectivity index (χ4v) is 2.08. The maximum atomic E-state index is 13.6. The molecule has 6 atom stereocenters. The first-order valence-corrected chi connectivity index (χ1v) is 6.32. The number of phosphoric ester groups is 1. The van der Waals surface area contributed by atoms with Crippen LogP contribution in [0.15, 0.2) is 0 Å². The second-order valence-electron chi connectivity index (χ2n) is 3.94. The summed E-state index contributed by atoms with van der Waals surface area (Å²) in [5.41, 5.74) is 5.25. The van der Waals surface area contributed by atoms with Gasteiger partial charge in [0, 0.05) is 5.92 Å². The largest absolute Gasteiger partial charge is 0.469 e. The van der Waals surface area contributed by atoms with E-state index in [9.17, 15) is 24.3 Å². The molecule has 1 rings (SSSR count). The summed E-state index contributed by atoms with van der Waals surface area (Å²) in [7, 11) is -4.81. The Bertz CT molecular complexity index is 297. The number of alkyl halides is 1. The van der Waals surface area contributed by atoms with Crippen LogP contribution in [0.5, 0.6) is 0 Å². The molecule has 0 amide bonds. The molecule has 0 unspecified atom stereocenters. The number of rotatable bonds is 3. The Kier molecular flexibility index (Phi) is 4.61. The van der Waals surface area contributed by atoms with Crippen molar-refractivity contribution in [1.82, 2.24) is 0 Å². The molecule has 0 bridgehead atoms. The molecule has 0 aliphatic heterocycles. The van der Waals surface area contributed by atoms with Crippen LogP contribution in [0, 0.1) is 5.92 Å². The topological polar surface area (TPSA) is 153 Å². The number of nitrogens with two attached hydrogens (primary N) is 1. The number of aliphatic hydroxyl groups is 3. The van der Waals surface area contributed by atoms with Crippen molar-refractivity contribution in [2.24, 2.45) is 11.7 Å². The minimum absolute atomic E-state index is 0.840. The van der Waals surface area contributed by atoms with Gasteiger partial charge in [-0.1, -0.05) is 0 Å². The van der Waals surface area contributed by atoms with E-state index in [0.29, 0.717) is 0 Å². The van der Waals surface area contributed by atoms with Crippen molar-refractivity contribution in [3.05, 3.63) is 0 Å². The van der Waals surface area contributed by atoms with E-state index in [1.807, 2.05) is 0 Å². The highest BCUT2D eigenvalue weighted by atomic mass is 31.2. The van der Waals surface area contributed by atoms with E-state index in [1.54, 1.807) is 0 Å². The van der Waals surface area contributed by atoms with Crippen molar-refractivity contribution in [1.29, 1.82) is 0 Å². The van der Waals surface area contributed by atoms with Crippen LogP contribution in [-0.2, 0) is 9.09 Å². The van der Waals surface area contributed by atoms with Gasteiger partial charge >= 0.3 is 7.82 Å². The molecular weight excluding hydrogens is 260 g/mol. The molecule has 1 aliphatic rings. The predicted molar refractivity (Wildman–Crippen MR) is 52.4 cm³/mol. The van der Waals surface area contributed by atoms with Gasteiger partial charge in [0.25, 0.3) is 0 Å². The second-order valence-corrected chi connectivity index (χ2v) is 5.18. The molecule has 0 radical (unpaired) electrons. The van der Waals surface area contributed by atoms with Crippen LogP contribution >= 0.6 is 7.82 Å². The summed E-state index contributed by atoms with van der Waals surface area (Å²) in [5.74, 6) is -1.47. The summed E-state index contributed by atoms with van der Waals surface area (Å²) in [6.07, 6.45) is -7.05. The van der Waals surface area contributed by atoms with Crippen molar-refractivity contribution >= 4 is 7.82 Å². The van der Waals surface area contributed by atoms with E-state index < -0.39 is 50.9 Å². The fourth-order valence-electron chi connectivity index (χ4n) is 1.71. The van der Waals surface area contributed by atoms with Crippen LogP contribution in [0.3, 0.4) is 0 Å². The molecule has 17 heavy (non-hydrogen) atoms. The van der Waals surface area contributed by atoms with E-state index in [2.05, 4.69) is 4.52 Å². The molecule has 0 saturated heterocycles. The van der Waals surface area contributed by atoms with Gasteiger partial charge in [-0.3, -0.25) is 4.52 Å². The van der Waals surface area contributed by atoms with Gasteiger partial charge in [-0.25, -0.2) is 8.96 Å². The predicted octanol–water partition coefficient (Wildman–Crippen LogP) is -2.53. The van der Waals surface area contributed by atoms with Gasteiger partial charge in [0.1, 0.15) is 12.3 Å². The first-order valence-electron chi connectivity index (χ1n) is 4.79. The zero-order valence-corrected chi connectivity index (χ0v) is 9.52. The Balaban J connectivity index is 2.73. The summed E-state index contributed by atoms with van der Waals surface area (Å²) in [6.45, 7) is -0.840. The first-order chi connectivity index (χ1) is 7.65. The standard InChI is InChI=1S/C7H15FNO7P/c8-3-2(1-16-17(13,14)15)5(10)7(12)4(9)6(3)11/h2-7,10-12H,1,9H2,(H2,13,14,15)/t2-,3-,4+,5-,6+,7-/m1/s1. The first kappa shape index (κ1) is 14.9. The summed E-state index contributed by atoms with van der Waals surface area (Å²) in [6, 6.07) is -1.37. The lowest BCUT2D eigenvalue weighted by Crippen LogP contribution is -2.63. The quantitative estimate of drug-likeness (QED) is 0.308. The monoisotopic (exact) mass is 275 g/mol. The van der Waals surface area contributed by atoms with E-state index in [0.717, 1.165) is 0 Å².